The molecule has 2 aromatic carbocycles. The number of aromatic nitrogens is 2. The van der Waals surface area contributed by atoms with Gasteiger partial charge in [0.15, 0.2) is 0 Å². The van der Waals surface area contributed by atoms with Gasteiger partial charge in [-0.05, 0) is 43.3 Å². The van der Waals surface area contributed by atoms with Crippen LogP contribution in [0.5, 0.6) is 0 Å². The third-order valence-electron chi connectivity index (χ3n) is 4.55. The molecule has 0 aliphatic heterocycles. The van der Waals surface area contributed by atoms with E-state index in [1.54, 1.807) is 66.1 Å². The monoisotopic (exact) mass is 412 g/mol. The lowest BCUT2D eigenvalue weighted by atomic mass is 10.2. The molecule has 0 unspecified atom stereocenters. The summed E-state index contributed by atoms with van der Waals surface area (Å²) in [7, 11) is -0.194. The number of amides is 1. The Morgan fingerprint density at radius 3 is 2.28 bits per heavy atom. The number of benzene rings is 2. The number of anilines is 1. The summed E-state index contributed by atoms with van der Waals surface area (Å²) in [5.41, 5.74) is 1.95. The molecule has 0 saturated heterocycles. The van der Waals surface area contributed by atoms with Crippen molar-refractivity contribution >= 4 is 21.6 Å². The van der Waals surface area contributed by atoms with E-state index in [4.69, 9.17) is 0 Å². The van der Waals surface area contributed by atoms with Crippen LogP contribution < -0.4 is 4.31 Å². The van der Waals surface area contributed by atoms with Crippen molar-refractivity contribution in [3.05, 3.63) is 78.1 Å². The molecule has 29 heavy (non-hydrogen) atoms. The summed E-state index contributed by atoms with van der Waals surface area (Å²) in [5.74, 6) is -0.187. The van der Waals surface area contributed by atoms with Crippen LogP contribution in [-0.2, 0) is 23.6 Å². The van der Waals surface area contributed by atoms with Gasteiger partial charge in [0, 0.05) is 44.5 Å². The quantitative estimate of drug-likeness (QED) is 0.598. The van der Waals surface area contributed by atoms with Gasteiger partial charge in [-0.3, -0.25) is 13.8 Å². The molecule has 0 radical (unpaired) electrons. The maximum Gasteiger partial charge on any atom is 0.264 e. The third-order valence-corrected chi connectivity index (χ3v) is 6.46. The van der Waals surface area contributed by atoms with E-state index in [1.807, 2.05) is 19.3 Å². The van der Waals surface area contributed by atoms with Crippen molar-refractivity contribution in [3.8, 4) is 0 Å². The van der Waals surface area contributed by atoms with Gasteiger partial charge in [0.05, 0.1) is 16.8 Å². The fourth-order valence-corrected chi connectivity index (χ4v) is 4.58. The highest BCUT2D eigenvalue weighted by Gasteiger charge is 2.24. The third kappa shape index (κ3) is 4.48. The Hall–Kier alpha value is -3.13. The first kappa shape index (κ1) is 20.6. The van der Waals surface area contributed by atoms with E-state index in [0.717, 1.165) is 5.56 Å². The number of sulfonamides is 1. The van der Waals surface area contributed by atoms with Crippen LogP contribution in [0.4, 0.5) is 5.69 Å². The molecule has 0 N–H and O–H groups in total. The number of rotatable bonds is 7. The van der Waals surface area contributed by atoms with E-state index in [1.165, 1.54) is 16.4 Å². The highest BCUT2D eigenvalue weighted by molar-refractivity contribution is 7.92. The fraction of sp³-hybridized carbons (Fsp3) is 0.238. The lowest BCUT2D eigenvalue weighted by molar-refractivity contribution is 0.0785. The molecule has 152 valence electrons. The van der Waals surface area contributed by atoms with Crippen LogP contribution in [0, 0.1) is 0 Å². The van der Waals surface area contributed by atoms with Crippen molar-refractivity contribution in [2.24, 2.45) is 7.05 Å². The van der Waals surface area contributed by atoms with Crippen LogP contribution in [0.25, 0.3) is 0 Å². The Morgan fingerprint density at radius 1 is 1.07 bits per heavy atom. The summed E-state index contributed by atoms with van der Waals surface area (Å²) >= 11 is 0. The molecule has 8 heteroatoms. The predicted molar refractivity (Wildman–Crippen MR) is 112 cm³/mol. The highest BCUT2D eigenvalue weighted by Crippen LogP contribution is 2.23. The Kier molecular flexibility index (Phi) is 6.03. The van der Waals surface area contributed by atoms with Crippen molar-refractivity contribution in [1.29, 1.82) is 0 Å². The Bertz CT molecular complexity index is 1080. The van der Waals surface area contributed by atoms with E-state index >= 15 is 0 Å². The van der Waals surface area contributed by atoms with Crippen LogP contribution in [0.1, 0.15) is 22.8 Å². The summed E-state index contributed by atoms with van der Waals surface area (Å²) < 4.78 is 29.1. The van der Waals surface area contributed by atoms with Gasteiger partial charge in [-0.1, -0.05) is 18.2 Å². The molecule has 0 saturated carbocycles. The average Bonchev–Trinajstić information content (AvgIpc) is 3.13. The maximum absolute atomic E-state index is 13.0. The number of para-hydroxylation sites is 1. The van der Waals surface area contributed by atoms with Gasteiger partial charge in [-0.15, -0.1) is 0 Å². The second-order valence-corrected chi connectivity index (χ2v) is 8.58. The standard InChI is InChI=1S/C21H24N4O3S/c1-4-25(19-8-6-5-7-9-19)29(27,28)20-12-10-18(11-13-20)21(26)23(2)15-17-14-22-24(3)16-17/h5-14,16H,4,15H2,1-3H3. The summed E-state index contributed by atoms with van der Waals surface area (Å²) in [4.78, 5) is 14.4. The molecular weight excluding hydrogens is 388 g/mol. The van der Waals surface area contributed by atoms with E-state index < -0.39 is 10.0 Å². The second-order valence-electron chi connectivity index (χ2n) is 6.71. The molecule has 1 amide bonds. The molecule has 7 nitrogen and oxygen atoms in total. The van der Waals surface area contributed by atoms with E-state index in [-0.39, 0.29) is 10.8 Å². The topological polar surface area (TPSA) is 75.5 Å². The smallest absolute Gasteiger partial charge is 0.264 e. The zero-order valence-electron chi connectivity index (χ0n) is 16.7. The largest absolute Gasteiger partial charge is 0.337 e. The summed E-state index contributed by atoms with van der Waals surface area (Å²) in [6, 6.07) is 15.0. The van der Waals surface area contributed by atoms with Crippen LogP contribution in [0.3, 0.4) is 0 Å². The minimum Gasteiger partial charge on any atom is -0.337 e. The first-order valence-corrected chi connectivity index (χ1v) is 10.7. The summed E-state index contributed by atoms with van der Waals surface area (Å²) in [6.07, 6.45) is 3.56. The van der Waals surface area contributed by atoms with Crippen molar-refractivity contribution < 1.29 is 13.2 Å². The first-order valence-electron chi connectivity index (χ1n) is 9.23. The SMILES string of the molecule is CCN(c1ccccc1)S(=O)(=O)c1ccc(C(=O)N(C)Cc2cnn(C)c2)cc1. The van der Waals surface area contributed by atoms with Gasteiger partial charge in [-0.25, -0.2) is 8.42 Å². The van der Waals surface area contributed by atoms with Crippen LogP contribution in [0.2, 0.25) is 0 Å². The maximum atomic E-state index is 13.0. The van der Waals surface area contributed by atoms with Gasteiger partial charge in [0.1, 0.15) is 0 Å². The molecule has 0 atom stereocenters. The zero-order valence-corrected chi connectivity index (χ0v) is 17.5. The van der Waals surface area contributed by atoms with E-state index in [2.05, 4.69) is 5.10 Å². The molecular formula is C21H24N4O3S. The van der Waals surface area contributed by atoms with Crippen LogP contribution >= 0.6 is 0 Å². The Balaban J connectivity index is 1.79. The van der Waals surface area contributed by atoms with E-state index in [9.17, 15) is 13.2 Å². The van der Waals surface area contributed by atoms with Gasteiger partial charge >= 0.3 is 0 Å². The molecule has 0 spiro atoms. The minimum absolute atomic E-state index is 0.148. The van der Waals surface area contributed by atoms with Gasteiger partial charge < -0.3 is 4.90 Å². The van der Waals surface area contributed by atoms with E-state index in [0.29, 0.717) is 24.3 Å². The van der Waals surface area contributed by atoms with Gasteiger partial charge in [-0.2, -0.15) is 5.10 Å². The average molecular weight is 413 g/mol. The molecule has 1 heterocycles. The molecule has 0 fully saturated rings. The number of carbonyl (C=O) groups excluding carboxylic acids is 1. The molecule has 3 aromatic rings. The lowest BCUT2D eigenvalue weighted by Gasteiger charge is -2.23. The van der Waals surface area contributed by atoms with Crippen LogP contribution in [0.15, 0.2) is 71.9 Å². The summed E-state index contributed by atoms with van der Waals surface area (Å²) in [6.45, 7) is 2.51. The fourth-order valence-electron chi connectivity index (χ4n) is 3.10. The van der Waals surface area contributed by atoms with Gasteiger partial charge in [0.25, 0.3) is 15.9 Å². The molecule has 3 rings (SSSR count). The first-order chi connectivity index (χ1) is 13.8. The molecule has 0 aliphatic rings. The normalized spacial score (nSPS) is 11.3. The number of aryl methyl sites for hydroxylation is 1. The van der Waals surface area contributed by atoms with Crippen molar-refractivity contribution in [2.45, 2.75) is 18.4 Å². The highest BCUT2D eigenvalue weighted by atomic mass is 32.2. The Morgan fingerprint density at radius 2 is 1.72 bits per heavy atom. The number of carbonyl (C=O) groups is 1. The summed E-state index contributed by atoms with van der Waals surface area (Å²) in [5, 5.41) is 4.10. The zero-order chi connectivity index (χ0) is 21.0. The van der Waals surface area contributed by atoms with Crippen LogP contribution in [-0.4, -0.2) is 42.6 Å². The number of hydrogen-bond donors (Lipinski definition) is 0. The Labute approximate surface area is 171 Å². The van der Waals surface area contributed by atoms with Crippen molar-refractivity contribution in [1.82, 2.24) is 14.7 Å². The predicted octanol–water partition coefficient (Wildman–Crippen LogP) is 2.91. The lowest BCUT2D eigenvalue weighted by Crippen LogP contribution is -2.31. The number of hydrogen-bond acceptors (Lipinski definition) is 4. The van der Waals surface area contributed by atoms with Crippen molar-refractivity contribution in [2.75, 3.05) is 17.9 Å². The van der Waals surface area contributed by atoms with Gasteiger partial charge in [0.2, 0.25) is 0 Å². The number of nitrogens with zero attached hydrogens (tertiary/aromatic N) is 4. The molecule has 1 aromatic heterocycles. The molecule has 0 bridgehead atoms. The second kappa shape index (κ2) is 8.48. The minimum atomic E-state index is -3.72. The molecule has 0 aliphatic carbocycles. The van der Waals surface area contributed by atoms with Crippen molar-refractivity contribution in [3.63, 3.8) is 0 Å².